The Morgan fingerprint density at radius 3 is 1.25 bits per heavy atom. The average Bonchev–Trinajstić information content (AvgIpc) is 1.00. The number of hydrogen-bond acceptors (Lipinski definition) is 1. The maximum Gasteiger partial charge on any atom is -0.0149 e. The predicted octanol–water partition coefficient (Wildman–Crippen LogP) is -2.22. The maximum atomic E-state index is 8.28. The monoisotopic (exact) mass is 132 g/mol. The quantitative estimate of drug-likeness (QED) is 0.341. The molecule has 0 aromatic heterocycles. The molecule has 0 fully saturated rings. The van der Waals surface area contributed by atoms with Crippen LogP contribution in [0.15, 0.2) is 0 Å². The van der Waals surface area contributed by atoms with Crippen molar-refractivity contribution in [2.45, 2.75) is 0 Å². The third-order valence-electron chi connectivity index (χ3n) is 0. The van der Waals surface area contributed by atoms with Crippen molar-refractivity contribution in [3.05, 3.63) is 0 Å². The maximum absolute atomic E-state index is 8.28. The van der Waals surface area contributed by atoms with Crippen LogP contribution >= 0.6 is 0 Å². The van der Waals surface area contributed by atoms with Crippen molar-refractivity contribution >= 4 is 27.2 Å². The molecule has 0 atom stereocenters. The molecule has 0 rings (SSSR count). The van der Waals surface area contributed by atoms with E-state index in [-0.39, 0.29) is 28.0 Å². The van der Waals surface area contributed by atoms with Crippen molar-refractivity contribution < 1.29 is 20.9 Å². The molecule has 0 saturated carbocycles. The van der Waals surface area contributed by atoms with Gasteiger partial charge in [0.15, 0.2) is 0 Å². The molecule has 0 unspecified atom stereocenters. The van der Waals surface area contributed by atoms with Crippen molar-refractivity contribution in [2.75, 3.05) is 0 Å². The number of rotatable bonds is 0. The van der Waals surface area contributed by atoms with Gasteiger partial charge in [-0.2, -0.15) is 0 Å². The largest absolute Gasteiger partial charge is 0.0149 e. The fourth-order valence-electron chi connectivity index (χ4n) is 0. The topological polar surface area (TPSA) is 17.1 Å². The summed E-state index contributed by atoms with van der Waals surface area (Å²) in [5.41, 5.74) is 0. The minimum atomic E-state index is 0. The van der Waals surface area contributed by atoms with Gasteiger partial charge in [0, 0.05) is 17.1 Å². The van der Waals surface area contributed by atoms with E-state index in [1.54, 1.807) is 0 Å². The van der Waals surface area contributed by atoms with E-state index in [1.165, 1.54) is 0 Å². The normalized spacial score (nSPS) is 0.750. The van der Waals surface area contributed by atoms with Gasteiger partial charge in [0.1, 0.15) is 0 Å². The van der Waals surface area contributed by atoms with Crippen LogP contribution < -0.4 is 0 Å². The molecule has 0 saturated heterocycles. The Kier molecular flexibility index (Phi) is 164. The standard InChI is InChI=1S/Al.Fe.O.H4Si.H/h;;;1H4;. The van der Waals surface area contributed by atoms with Crippen LogP contribution in [0.1, 0.15) is 0 Å². The molecular formula is H5AlFeOSi. The molecular weight excluding hydrogens is 127 g/mol. The first-order valence-corrected chi connectivity index (χ1v) is 0.866. The summed E-state index contributed by atoms with van der Waals surface area (Å²) in [5, 5.41) is 0. The Morgan fingerprint density at radius 1 is 1.25 bits per heavy atom. The van der Waals surface area contributed by atoms with Crippen LogP contribution in [0.4, 0.5) is 0 Å². The van der Waals surface area contributed by atoms with Crippen LogP contribution in [-0.4, -0.2) is 27.2 Å². The van der Waals surface area contributed by atoms with Crippen LogP contribution in [0.25, 0.3) is 0 Å². The summed E-state index contributed by atoms with van der Waals surface area (Å²) in [6.45, 7) is 0. The van der Waals surface area contributed by atoms with E-state index in [2.05, 4.69) is 0 Å². The Hall–Kier alpha value is 1.07. The Balaban J connectivity index is -0.00000000500. The molecule has 0 aliphatic carbocycles. The van der Waals surface area contributed by atoms with Gasteiger partial charge in [-0.25, -0.2) is 0 Å². The molecule has 26 valence electrons. The van der Waals surface area contributed by atoms with Gasteiger partial charge < -0.3 is 0 Å². The summed E-state index contributed by atoms with van der Waals surface area (Å²) in [5.74, 6) is 0. The molecule has 1 nitrogen and oxygen atoms in total. The number of hydrogen-bond donors (Lipinski definition) is 0. The minimum Gasteiger partial charge on any atom is -0.0149 e. The summed E-state index contributed by atoms with van der Waals surface area (Å²) in [4.78, 5) is 0. The average molecular weight is 132 g/mol. The molecule has 4 heavy (non-hydrogen) atoms. The zero-order valence-corrected chi connectivity index (χ0v) is 3.99. The van der Waals surface area contributed by atoms with Crippen LogP contribution in [0.2, 0.25) is 0 Å². The van der Waals surface area contributed by atoms with Crippen LogP contribution in [0.5, 0.6) is 0 Å². The van der Waals surface area contributed by atoms with E-state index in [0.717, 1.165) is 0 Å². The second kappa shape index (κ2) is 33.5. The minimum absolute atomic E-state index is 0. The third-order valence-corrected chi connectivity index (χ3v) is 0. The van der Waals surface area contributed by atoms with Gasteiger partial charge in [0.25, 0.3) is 0 Å². The Morgan fingerprint density at radius 2 is 1.25 bits per heavy atom. The van der Waals surface area contributed by atoms with E-state index in [1.807, 2.05) is 0 Å². The summed E-state index contributed by atoms with van der Waals surface area (Å²) < 4.78 is 8.28. The summed E-state index contributed by atoms with van der Waals surface area (Å²) >= 11 is 0.611. The van der Waals surface area contributed by atoms with Gasteiger partial charge in [0.2, 0.25) is 0 Å². The van der Waals surface area contributed by atoms with Gasteiger partial charge in [-0.3, -0.25) is 0 Å². The van der Waals surface area contributed by atoms with Crippen molar-refractivity contribution in [1.82, 2.24) is 0 Å². The molecule has 0 radical (unpaired) electrons. The molecule has 0 aliphatic heterocycles. The fraction of sp³-hybridized carbons (Fsp3) is 0. The van der Waals surface area contributed by atoms with Crippen LogP contribution in [-0.2, 0) is 20.9 Å². The zero-order valence-electron chi connectivity index (χ0n) is 1.47. The van der Waals surface area contributed by atoms with Crippen LogP contribution in [0, 0.1) is 0 Å². The molecule has 0 aliphatic rings. The molecule has 0 aromatic rings. The summed E-state index contributed by atoms with van der Waals surface area (Å²) in [6.07, 6.45) is 0. The van der Waals surface area contributed by atoms with E-state index in [4.69, 9.17) is 3.80 Å². The van der Waals surface area contributed by atoms with Gasteiger partial charge in [-0.05, 0) is 11.0 Å². The third kappa shape index (κ3) is 11.5. The molecule has 0 heterocycles. The van der Waals surface area contributed by atoms with Gasteiger partial charge in [-0.1, -0.05) is 0 Å². The Bertz CT molecular complexity index is 8.00. The molecule has 0 spiro atoms. The predicted molar refractivity (Wildman–Crippen MR) is 19.2 cm³/mol. The van der Waals surface area contributed by atoms with Gasteiger partial charge in [0.05, 0.1) is 0 Å². The first-order chi connectivity index (χ1) is 1.00. The molecule has 0 N–H and O–H groups in total. The van der Waals surface area contributed by atoms with Crippen molar-refractivity contribution in [3.63, 3.8) is 0 Å². The first kappa shape index (κ1) is 19.6. The van der Waals surface area contributed by atoms with Crippen LogP contribution in [0.3, 0.4) is 0 Å². The smallest absolute Gasteiger partial charge is 0.0149 e. The fourth-order valence-corrected chi connectivity index (χ4v) is 0. The van der Waals surface area contributed by atoms with E-state index < -0.39 is 0 Å². The molecule has 0 bridgehead atoms. The molecule has 0 aromatic carbocycles. The van der Waals surface area contributed by atoms with E-state index >= 15 is 0 Å². The Labute approximate surface area is 48.3 Å². The summed E-state index contributed by atoms with van der Waals surface area (Å²) in [6, 6.07) is 0. The van der Waals surface area contributed by atoms with Gasteiger partial charge in [-0.15, -0.1) is 0 Å². The van der Waals surface area contributed by atoms with E-state index in [0.29, 0.717) is 16.2 Å². The SMILES string of the molecule is [Fe].[O]=[AlH].[SiH4]. The van der Waals surface area contributed by atoms with Gasteiger partial charge >= 0.3 is 20.0 Å². The summed E-state index contributed by atoms with van der Waals surface area (Å²) in [7, 11) is 0. The van der Waals surface area contributed by atoms with Crippen molar-refractivity contribution in [2.24, 2.45) is 0 Å². The first-order valence-electron chi connectivity index (χ1n) is 0.289. The van der Waals surface area contributed by atoms with E-state index in [9.17, 15) is 0 Å². The van der Waals surface area contributed by atoms with Crippen molar-refractivity contribution in [3.8, 4) is 0 Å². The second-order valence-electron chi connectivity index (χ2n) is 0. The van der Waals surface area contributed by atoms with Crippen molar-refractivity contribution in [1.29, 1.82) is 0 Å². The molecule has 4 heteroatoms. The zero-order chi connectivity index (χ0) is 2.00. The molecule has 0 amide bonds. The second-order valence-corrected chi connectivity index (χ2v) is 0.